The molecular weight excluding hydrogens is 393 g/mol. The molecule has 0 saturated carbocycles. The average molecular weight is 420 g/mol. The zero-order chi connectivity index (χ0) is 22.0. The summed E-state index contributed by atoms with van der Waals surface area (Å²) in [7, 11) is 0. The Morgan fingerprint density at radius 3 is 2.74 bits per heavy atom. The van der Waals surface area contributed by atoms with Crippen LogP contribution in [0.3, 0.4) is 0 Å². The van der Waals surface area contributed by atoms with Crippen LogP contribution in [0.2, 0.25) is 0 Å². The van der Waals surface area contributed by atoms with Crippen LogP contribution in [0, 0.1) is 5.82 Å². The van der Waals surface area contributed by atoms with E-state index >= 15 is 0 Å². The van der Waals surface area contributed by atoms with Gasteiger partial charge in [-0.05, 0) is 57.4 Å². The van der Waals surface area contributed by atoms with Crippen LogP contribution in [-0.2, 0) is 6.42 Å². The summed E-state index contributed by atoms with van der Waals surface area (Å²) in [6, 6.07) is 5.51. The SMILES string of the molecule is C/C=C/C1=CC(Nc2cc(NC(C)C)nc(Oc3ccc4c(c3F)C=C(C)C4)n2)=NC1. The molecule has 6 nitrogen and oxygen atoms in total. The maximum atomic E-state index is 15.0. The molecule has 2 aromatic rings. The molecule has 4 rings (SSSR count). The number of amidine groups is 1. The molecule has 0 amide bonds. The molecule has 0 radical (unpaired) electrons. The van der Waals surface area contributed by atoms with Crippen molar-refractivity contribution in [2.75, 3.05) is 17.2 Å². The Labute approximate surface area is 181 Å². The van der Waals surface area contributed by atoms with Gasteiger partial charge in [0.25, 0.3) is 0 Å². The minimum absolute atomic E-state index is 0.0574. The van der Waals surface area contributed by atoms with Gasteiger partial charge in [0.15, 0.2) is 11.6 Å². The highest BCUT2D eigenvalue weighted by molar-refractivity contribution is 6.05. The number of benzene rings is 1. The summed E-state index contributed by atoms with van der Waals surface area (Å²) in [4.78, 5) is 13.3. The van der Waals surface area contributed by atoms with Crippen molar-refractivity contribution in [2.45, 2.75) is 40.2 Å². The van der Waals surface area contributed by atoms with Crippen molar-refractivity contribution in [3.05, 3.63) is 64.5 Å². The zero-order valence-corrected chi connectivity index (χ0v) is 18.2. The van der Waals surface area contributed by atoms with Crippen LogP contribution < -0.4 is 15.4 Å². The number of aromatic nitrogens is 2. The monoisotopic (exact) mass is 419 g/mol. The normalized spacial score (nSPS) is 15.1. The van der Waals surface area contributed by atoms with Crippen molar-refractivity contribution in [3.8, 4) is 11.8 Å². The summed E-state index contributed by atoms with van der Waals surface area (Å²) in [5, 5.41) is 6.44. The van der Waals surface area contributed by atoms with Crippen LogP contribution in [0.25, 0.3) is 6.08 Å². The number of rotatable bonds is 6. The van der Waals surface area contributed by atoms with Gasteiger partial charge < -0.3 is 15.4 Å². The highest BCUT2D eigenvalue weighted by Crippen LogP contribution is 2.34. The van der Waals surface area contributed by atoms with E-state index in [0.29, 0.717) is 29.6 Å². The topological polar surface area (TPSA) is 71.4 Å². The van der Waals surface area contributed by atoms with Gasteiger partial charge in [-0.1, -0.05) is 29.9 Å². The fraction of sp³-hybridized carbons (Fsp3) is 0.292. The molecule has 1 aliphatic carbocycles. The van der Waals surface area contributed by atoms with E-state index in [0.717, 1.165) is 23.1 Å². The fourth-order valence-electron chi connectivity index (χ4n) is 3.57. The molecule has 2 heterocycles. The highest BCUT2D eigenvalue weighted by atomic mass is 19.1. The summed E-state index contributed by atoms with van der Waals surface area (Å²) in [5.41, 5.74) is 3.77. The molecular formula is C24H26FN5O. The van der Waals surface area contributed by atoms with Gasteiger partial charge in [-0.3, -0.25) is 4.99 Å². The maximum Gasteiger partial charge on any atom is 0.326 e. The molecule has 0 saturated heterocycles. The minimum atomic E-state index is -0.395. The van der Waals surface area contributed by atoms with E-state index in [1.807, 2.05) is 58.1 Å². The first kappa shape index (κ1) is 20.8. The molecule has 1 aliphatic heterocycles. The lowest BCUT2D eigenvalue weighted by atomic mass is 10.1. The Hall–Kier alpha value is -3.48. The van der Waals surface area contributed by atoms with Gasteiger partial charge in [-0.15, -0.1) is 0 Å². The minimum Gasteiger partial charge on any atom is -0.421 e. The van der Waals surface area contributed by atoms with E-state index in [2.05, 4.69) is 25.6 Å². The molecule has 7 heteroatoms. The van der Waals surface area contributed by atoms with E-state index < -0.39 is 5.82 Å². The molecule has 160 valence electrons. The number of halogens is 1. The molecule has 2 aliphatic rings. The fourth-order valence-corrected chi connectivity index (χ4v) is 3.57. The lowest BCUT2D eigenvalue weighted by Gasteiger charge is -2.14. The van der Waals surface area contributed by atoms with Gasteiger partial charge in [-0.2, -0.15) is 9.97 Å². The number of nitrogens with one attached hydrogen (secondary N) is 2. The summed E-state index contributed by atoms with van der Waals surface area (Å²) in [5.74, 6) is 1.51. The number of fused-ring (bicyclic) bond motifs is 1. The van der Waals surface area contributed by atoms with E-state index in [-0.39, 0.29) is 17.8 Å². The molecule has 31 heavy (non-hydrogen) atoms. The highest BCUT2D eigenvalue weighted by Gasteiger charge is 2.19. The molecule has 0 unspecified atom stereocenters. The van der Waals surface area contributed by atoms with Crippen LogP contribution in [0.1, 0.15) is 38.8 Å². The smallest absolute Gasteiger partial charge is 0.326 e. The predicted molar refractivity (Wildman–Crippen MR) is 123 cm³/mol. The predicted octanol–water partition coefficient (Wildman–Crippen LogP) is 5.51. The standard InChI is InChI=1S/C24H26FN5O/c1-5-6-16-11-20(26-13-16)28-22-12-21(27-14(2)3)29-24(30-22)31-19-8-7-17-9-15(4)10-18(17)23(19)25/h5-8,10-12,14H,9,13H2,1-4H3,(H2,26,27,28,29,30)/b6-5+. The second-order valence-electron chi connectivity index (χ2n) is 7.99. The van der Waals surface area contributed by atoms with Crippen molar-refractivity contribution in [1.82, 2.24) is 9.97 Å². The van der Waals surface area contributed by atoms with Crippen molar-refractivity contribution >= 4 is 23.5 Å². The van der Waals surface area contributed by atoms with Gasteiger partial charge in [0.1, 0.15) is 17.5 Å². The average Bonchev–Trinajstić information content (AvgIpc) is 3.30. The van der Waals surface area contributed by atoms with Gasteiger partial charge in [0, 0.05) is 17.7 Å². The third-order valence-electron chi connectivity index (χ3n) is 4.83. The molecule has 1 aromatic carbocycles. The summed E-state index contributed by atoms with van der Waals surface area (Å²) < 4.78 is 20.8. The quantitative estimate of drug-likeness (QED) is 0.646. The summed E-state index contributed by atoms with van der Waals surface area (Å²) in [6.45, 7) is 8.60. The Morgan fingerprint density at radius 2 is 1.97 bits per heavy atom. The Morgan fingerprint density at radius 1 is 1.16 bits per heavy atom. The van der Waals surface area contributed by atoms with Gasteiger partial charge >= 0.3 is 6.01 Å². The molecule has 0 fully saturated rings. The second-order valence-corrected chi connectivity index (χ2v) is 7.99. The number of allylic oxidation sites excluding steroid dienone is 2. The first-order valence-corrected chi connectivity index (χ1v) is 10.4. The summed E-state index contributed by atoms with van der Waals surface area (Å²) >= 11 is 0. The van der Waals surface area contributed by atoms with E-state index in [1.165, 1.54) is 0 Å². The largest absolute Gasteiger partial charge is 0.421 e. The molecule has 0 bridgehead atoms. The van der Waals surface area contributed by atoms with E-state index in [1.54, 1.807) is 12.1 Å². The third-order valence-corrected chi connectivity index (χ3v) is 4.83. The number of aliphatic imine (C=N–C) groups is 1. The number of hydrogen-bond acceptors (Lipinski definition) is 6. The Kier molecular flexibility index (Phi) is 5.84. The van der Waals surface area contributed by atoms with Crippen molar-refractivity contribution in [2.24, 2.45) is 4.99 Å². The van der Waals surface area contributed by atoms with Crippen LogP contribution in [0.15, 0.2) is 52.6 Å². The lowest BCUT2D eigenvalue weighted by molar-refractivity contribution is 0.411. The maximum absolute atomic E-state index is 15.0. The summed E-state index contributed by atoms with van der Waals surface area (Å²) in [6.07, 6.45) is 8.58. The van der Waals surface area contributed by atoms with Crippen LogP contribution in [0.4, 0.5) is 16.0 Å². The van der Waals surface area contributed by atoms with Gasteiger partial charge in [-0.25, -0.2) is 4.39 Å². The van der Waals surface area contributed by atoms with Crippen molar-refractivity contribution in [3.63, 3.8) is 0 Å². The van der Waals surface area contributed by atoms with E-state index in [4.69, 9.17) is 4.74 Å². The number of anilines is 2. The van der Waals surface area contributed by atoms with Gasteiger partial charge in [0.2, 0.25) is 0 Å². The van der Waals surface area contributed by atoms with Gasteiger partial charge in [0.05, 0.1) is 6.54 Å². The zero-order valence-electron chi connectivity index (χ0n) is 18.2. The van der Waals surface area contributed by atoms with Crippen LogP contribution in [0.5, 0.6) is 11.8 Å². The Bertz CT molecular complexity index is 1130. The lowest BCUT2D eigenvalue weighted by Crippen LogP contribution is -2.14. The Balaban J connectivity index is 1.62. The molecule has 1 aromatic heterocycles. The molecule has 0 spiro atoms. The van der Waals surface area contributed by atoms with Crippen LogP contribution in [-0.4, -0.2) is 28.4 Å². The number of nitrogens with zero attached hydrogens (tertiary/aromatic N) is 3. The molecule has 2 N–H and O–H groups in total. The van der Waals surface area contributed by atoms with Crippen molar-refractivity contribution in [1.29, 1.82) is 0 Å². The third kappa shape index (κ3) is 4.82. The first-order chi connectivity index (χ1) is 14.9. The number of hydrogen-bond donors (Lipinski definition) is 2. The van der Waals surface area contributed by atoms with Crippen LogP contribution >= 0.6 is 0 Å². The second kappa shape index (κ2) is 8.71. The van der Waals surface area contributed by atoms with E-state index in [9.17, 15) is 4.39 Å². The molecule has 0 atom stereocenters. The first-order valence-electron chi connectivity index (χ1n) is 10.4. The van der Waals surface area contributed by atoms with Crippen molar-refractivity contribution < 1.29 is 9.13 Å². The number of ether oxygens (including phenoxy) is 1.